The van der Waals surface area contributed by atoms with E-state index in [1.807, 2.05) is 0 Å². The summed E-state index contributed by atoms with van der Waals surface area (Å²) in [6.07, 6.45) is 3.04. The van der Waals surface area contributed by atoms with E-state index in [1.165, 1.54) is 24.3 Å². The molecule has 1 atom stereocenters. The van der Waals surface area contributed by atoms with E-state index in [4.69, 9.17) is 25.2 Å². The summed E-state index contributed by atoms with van der Waals surface area (Å²) in [5.41, 5.74) is 0.618. The molecule has 3 aromatic heterocycles. The standard InChI is InChI=1S/C24H17ClN2O6/c1-31-18-11-14(25)9-13-10-17(33-23(13)18)21(28)19-20(16-6-2-3-7-26-16)27(24(30)22(19)29)12-15-5-4-8-32-15/h2-11,20,29H,12H2,1H3. The molecule has 0 fully saturated rings. The van der Waals surface area contributed by atoms with Gasteiger partial charge in [-0.2, -0.15) is 0 Å². The van der Waals surface area contributed by atoms with E-state index in [1.54, 1.807) is 48.7 Å². The zero-order chi connectivity index (χ0) is 23.1. The van der Waals surface area contributed by atoms with Crippen molar-refractivity contribution >= 4 is 34.3 Å². The number of ketones is 1. The molecular formula is C24H17ClN2O6. The molecule has 0 saturated heterocycles. The Bertz CT molecular complexity index is 1390. The number of halogens is 1. The van der Waals surface area contributed by atoms with Gasteiger partial charge < -0.3 is 23.6 Å². The number of furan rings is 2. The van der Waals surface area contributed by atoms with Crippen LogP contribution in [0.2, 0.25) is 5.02 Å². The number of ether oxygens (including phenoxy) is 1. The molecule has 8 nitrogen and oxygen atoms in total. The summed E-state index contributed by atoms with van der Waals surface area (Å²) < 4.78 is 16.5. The number of Topliss-reactive ketones (excluding diaryl/α,β-unsaturated/α-hetero) is 1. The molecule has 166 valence electrons. The highest BCUT2D eigenvalue weighted by Crippen LogP contribution is 2.40. The second kappa shape index (κ2) is 8.14. The van der Waals surface area contributed by atoms with Gasteiger partial charge in [0, 0.05) is 22.7 Å². The maximum atomic E-state index is 13.6. The van der Waals surface area contributed by atoms with Gasteiger partial charge in [0.05, 0.1) is 31.2 Å². The van der Waals surface area contributed by atoms with Crippen molar-refractivity contribution < 1.29 is 28.3 Å². The first-order valence-electron chi connectivity index (χ1n) is 9.97. The van der Waals surface area contributed by atoms with E-state index < -0.39 is 23.5 Å². The van der Waals surface area contributed by atoms with Crippen molar-refractivity contribution in [2.45, 2.75) is 12.6 Å². The lowest BCUT2D eigenvalue weighted by atomic mass is 9.98. The molecule has 1 amide bonds. The Labute approximate surface area is 192 Å². The average molecular weight is 465 g/mol. The van der Waals surface area contributed by atoms with E-state index in [0.29, 0.717) is 33.2 Å². The van der Waals surface area contributed by atoms with E-state index in [0.717, 1.165) is 0 Å². The second-order valence-electron chi connectivity index (χ2n) is 7.40. The maximum absolute atomic E-state index is 13.6. The van der Waals surface area contributed by atoms with Gasteiger partial charge in [-0.15, -0.1) is 0 Å². The van der Waals surface area contributed by atoms with Crippen LogP contribution in [0.4, 0.5) is 0 Å². The van der Waals surface area contributed by atoms with Gasteiger partial charge in [-0.3, -0.25) is 14.6 Å². The van der Waals surface area contributed by atoms with Crippen LogP contribution in [0.1, 0.15) is 28.1 Å². The number of aliphatic hydroxyl groups excluding tert-OH is 1. The molecule has 0 bridgehead atoms. The van der Waals surface area contributed by atoms with E-state index in [-0.39, 0.29) is 17.9 Å². The highest BCUT2D eigenvalue weighted by atomic mass is 35.5. The molecule has 0 saturated carbocycles. The van der Waals surface area contributed by atoms with Crippen molar-refractivity contribution in [3.05, 3.63) is 94.6 Å². The Hall–Kier alpha value is -4.04. The number of methoxy groups -OCH3 is 1. The Morgan fingerprint density at radius 2 is 2.09 bits per heavy atom. The van der Waals surface area contributed by atoms with Gasteiger partial charge in [-0.05, 0) is 36.4 Å². The highest BCUT2D eigenvalue weighted by Gasteiger charge is 2.45. The summed E-state index contributed by atoms with van der Waals surface area (Å²) >= 11 is 6.13. The molecule has 0 aliphatic carbocycles. The first kappa shape index (κ1) is 20.8. The van der Waals surface area contributed by atoms with Gasteiger partial charge in [0.15, 0.2) is 22.9 Å². The molecule has 4 aromatic rings. The van der Waals surface area contributed by atoms with Gasteiger partial charge in [-0.25, -0.2) is 0 Å². The number of aliphatic hydroxyl groups is 1. The minimum absolute atomic E-state index is 0.0392. The lowest BCUT2D eigenvalue weighted by Crippen LogP contribution is -2.31. The van der Waals surface area contributed by atoms with Crippen molar-refractivity contribution in [1.29, 1.82) is 0 Å². The van der Waals surface area contributed by atoms with E-state index >= 15 is 0 Å². The first-order valence-corrected chi connectivity index (χ1v) is 10.3. The summed E-state index contributed by atoms with van der Waals surface area (Å²) in [7, 11) is 1.46. The molecule has 4 heterocycles. The third kappa shape index (κ3) is 3.54. The molecular weight excluding hydrogens is 448 g/mol. The Kier molecular flexibility index (Phi) is 5.14. The number of amides is 1. The molecule has 1 unspecified atom stereocenters. The third-order valence-corrected chi connectivity index (χ3v) is 5.63. The lowest BCUT2D eigenvalue weighted by molar-refractivity contribution is -0.130. The topological polar surface area (TPSA) is 106 Å². The van der Waals surface area contributed by atoms with Gasteiger partial charge in [0.1, 0.15) is 11.8 Å². The fraction of sp³-hybridized carbons (Fsp3) is 0.125. The van der Waals surface area contributed by atoms with E-state index in [9.17, 15) is 14.7 Å². The number of carbonyl (C=O) groups excluding carboxylic acids is 2. The van der Waals surface area contributed by atoms with Crippen LogP contribution in [0, 0.1) is 0 Å². The number of hydrogen-bond donors (Lipinski definition) is 1. The number of benzene rings is 1. The van der Waals surface area contributed by atoms with Crippen LogP contribution in [0.25, 0.3) is 11.0 Å². The summed E-state index contributed by atoms with van der Waals surface area (Å²) in [5.74, 6) is -1.23. The molecule has 9 heteroatoms. The fourth-order valence-corrected chi connectivity index (χ4v) is 4.16. The van der Waals surface area contributed by atoms with Crippen LogP contribution < -0.4 is 4.74 Å². The van der Waals surface area contributed by atoms with Crippen molar-refractivity contribution in [3.63, 3.8) is 0 Å². The van der Waals surface area contributed by atoms with Crippen LogP contribution in [0.5, 0.6) is 5.75 Å². The molecule has 0 spiro atoms. The smallest absolute Gasteiger partial charge is 0.290 e. The Morgan fingerprint density at radius 1 is 1.24 bits per heavy atom. The minimum Gasteiger partial charge on any atom is -0.503 e. The van der Waals surface area contributed by atoms with Crippen molar-refractivity contribution in [2.75, 3.05) is 7.11 Å². The van der Waals surface area contributed by atoms with Gasteiger partial charge in [0.2, 0.25) is 5.78 Å². The third-order valence-electron chi connectivity index (χ3n) is 5.41. The van der Waals surface area contributed by atoms with E-state index in [2.05, 4.69) is 4.98 Å². The summed E-state index contributed by atoms with van der Waals surface area (Å²) in [4.78, 5) is 32.2. The molecule has 0 radical (unpaired) electrons. The zero-order valence-electron chi connectivity index (χ0n) is 17.3. The van der Waals surface area contributed by atoms with Crippen molar-refractivity contribution in [2.24, 2.45) is 0 Å². The van der Waals surface area contributed by atoms with Crippen molar-refractivity contribution in [3.8, 4) is 5.75 Å². The monoisotopic (exact) mass is 464 g/mol. The number of fused-ring (bicyclic) bond motifs is 1. The molecule has 5 rings (SSSR count). The quantitative estimate of drug-likeness (QED) is 0.406. The second-order valence-corrected chi connectivity index (χ2v) is 7.83. The Balaban J connectivity index is 1.61. The normalized spacial score (nSPS) is 16.1. The molecule has 1 aliphatic heterocycles. The molecule has 1 N–H and O–H groups in total. The predicted octanol–water partition coefficient (Wildman–Crippen LogP) is 4.86. The molecule has 33 heavy (non-hydrogen) atoms. The summed E-state index contributed by atoms with van der Waals surface area (Å²) in [6.45, 7) is 0.0392. The number of aromatic nitrogens is 1. The van der Waals surface area contributed by atoms with Crippen LogP contribution in [-0.2, 0) is 11.3 Å². The molecule has 1 aromatic carbocycles. The van der Waals surface area contributed by atoms with Gasteiger partial charge in [-0.1, -0.05) is 17.7 Å². The van der Waals surface area contributed by atoms with Crippen LogP contribution in [0.3, 0.4) is 0 Å². The van der Waals surface area contributed by atoms with Crippen molar-refractivity contribution in [1.82, 2.24) is 9.88 Å². The fourth-order valence-electron chi connectivity index (χ4n) is 3.95. The predicted molar refractivity (Wildman–Crippen MR) is 118 cm³/mol. The summed E-state index contributed by atoms with van der Waals surface area (Å²) in [6, 6.07) is 12.3. The van der Waals surface area contributed by atoms with Gasteiger partial charge >= 0.3 is 0 Å². The van der Waals surface area contributed by atoms with Crippen LogP contribution in [-0.4, -0.2) is 33.8 Å². The lowest BCUT2D eigenvalue weighted by Gasteiger charge is -2.24. The van der Waals surface area contributed by atoms with Crippen LogP contribution >= 0.6 is 11.6 Å². The summed E-state index contributed by atoms with van der Waals surface area (Å²) in [5, 5.41) is 11.7. The zero-order valence-corrected chi connectivity index (χ0v) is 18.1. The Morgan fingerprint density at radius 3 is 2.79 bits per heavy atom. The average Bonchev–Trinajstić information content (AvgIpc) is 3.54. The number of nitrogens with zero attached hydrogens (tertiary/aromatic N) is 2. The first-order chi connectivity index (χ1) is 16.0. The minimum atomic E-state index is -0.935. The number of hydrogen-bond acceptors (Lipinski definition) is 7. The van der Waals surface area contributed by atoms with Crippen LogP contribution in [0.15, 0.2) is 81.2 Å². The highest BCUT2D eigenvalue weighted by molar-refractivity contribution is 6.31. The number of rotatable bonds is 6. The largest absolute Gasteiger partial charge is 0.503 e. The maximum Gasteiger partial charge on any atom is 0.290 e. The molecule has 1 aliphatic rings. The number of carbonyl (C=O) groups is 2. The van der Waals surface area contributed by atoms with Gasteiger partial charge in [0.25, 0.3) is 5.91 Å². The SMILES string of the molecule is COc1cc(Cl)cc2cc(C(=O)C3=C(O)C(=O)N(Cc4ccco4)C3c3ccccn3)oc12. The number of pyridine rings is 1.